The summed E-state index contributed by atoms with van der Waals surface area (Å²) in [6.45, 7) is 0.325. The fraction of sp³-hybridized carbons (Fsp3) is 0.118. The van der Waals surface area contributed by atoms with Crippen LogP contribution in [-0.4, -0.2) is 27.9 Å². The van der Waals surface area contributed by atoms with Crippen molar-refractivity contribution < 1.29 is 9.59 Å². The van der Waals surface area contributed by atoms with Crippen LogP contribution in [0.15, 0.2) is 60.5 Å². The van der Waals surface area contributed by atoms with E-state index < -0.39 is 0 Å². The topological polar surface area (TPSA) is 76.0 Å². The number of nitrogens with one attached hydrogen (secondary N) is 2. The van der Waals surface area contributed by atoms with Gasteiger partial charge in [-0.1, -0.05) is 24.3 Å². The maximum absolute atomic E-state index is 11.9. The van der Waals surface area contributed by atoms with Crippen LogP contribution in [0.5, 0.6) is 0 Å². The minimum absolute atomic E-state index is 0.0516. The van der Waals surface area contributed by atoms with Gasteiger partial charge in [-0.2, -0.15) is 0 Å². The molecule has 3 aromatic rings. The van der Waals surface area contributed by atoms with Gasteiger partial charge in [0.25, 0.3) is 5.91 Å². The van der Waals surface area contributed by atoms with E-state index in [4.69, 9.17) is 0 Å². The number of hydrogen-bond acceptors (Lipinski definition) is 4. The van der Waals surface area contributed by atoms with Crippen molar-refractivity contribution in [1.82, 2.24) is 20.2 Å². The minimum Gasteiger partial charge on any atom is -0.350 e. The smallest absolute Gasteiger partial charge is 0.261 e. The van der Waals surface area contributed by atoms with Gasteiger partial charge in [0.15, 0.2) is 0 Å². The number of aromatic nitrogens is 2. The maximum atomic E-state index is 11.9. The highest BCUT2D eigenvalue weighted by Crippen LogP contribution is 2.13. The van der Waals surface area contributed by atoms with E-state index >= 15 is 0 Å². The third-order valence-electron chi connectivity index (χ3n) is 3.40. The fourth-order valence-electron chi connectivity index (χ4n) is 2.23. The fourth-order valence-corrected chi connectivity index (χ4v) is 2.87. The number of imidazole rings is 1. The number of amides is 2. The lowest BCUT2D eigenvalue weighted by atomic mass is 10.1. The first-order chi connectivity index (χ1) is 11.7. The molecule has 0 bridgehead atoms. The largest absolute Gasteiger partial charge is 0.350 e. The van der Waals surface area contributed by atoms with Crippen molar-refractivity contribution in [2.24, 2.45) is 0 Å². The Morgan fingerprint density at radius 1 is 1.12 bits per heavy atom. The molecule has 0 aliphatic heterocycles. The van der Waals surface area contributed by atoms with Crippen LogP contribution in [0.25, 0.3) is 5.69 Å². The number of para-hydroxylation sites is 1. The number of rotatable bonds is 6. The molecule has 0 aliphatic rings. The van der Waals surface area contributed by atoms with Gasteiger partial charge in [-0.25, -0.2) is 4.98 Å². The third kappa shape index (κ3) is 3.88. The molecule has 7 heteroatoms. The monoisotopic (exact) mass is 340 g/mol. The molecule has 0 saturated carbocycles. The van der Waals surface area contributed by atoms with Gasteiger partial charge in [-0.15, -0.1) is 11.3 Å². The zero-order chi connectivity index (χ0) is 16.8. The molecule has 1 aromatic carbocycles. The highest BCUT2D eigenvalue weighted by molar-refractivity contribution is 7.12. The van der Waals surface area contributed by atoms with Crippen LogP contribution in [0, 0.1) is 0 Å². The van der Waals surface area contributed by atoms with E-state index in [1.54, 1.807) is 24.7 Å². The SMILES string of the molecule is O=C(CNC(=O)c1cccs1)NCc1ccccc1-n1ccnc1. The van der Waals surface area contributed by atoms with Crippen LogP contribution in [0.1, 0.15) is 15.2 Å². The molecule has 2 amide bonds. The lowest BCUT2D eigenvalue weighted by Crippen LogP contribution is -2.36. The van der Waals surface area contributed by atoms with E-state index in [1.807, 2.05) is 40.4 Å². The summed E-state index contributed by atoms with van der Waals surface area (Å²) in [7, 11) is 0. The normalized spacial score (nSPS) is 10.3. The molecule has 122 valence electrons. The second kappa shape index (κ2) is 7.56. The van der Waals surface area contributed by atoms with E-state index in [0.29, 0.717) is 11.4 Å². The van der Waals surface area contributed by atoms with E-state index in [1.165, 1.54) is 11.3 Å². The van der Waals surface area contributed by atoms with Crippen LogP contribution in [-0.2, 0) is 11.3 Å². The zero-order valence-electron chi connectivity index (χ0n) is 12.8. The standard InChI is InChI=1S/C17H16N4O2S/c22-16(11-20-17(23)15-6-3-9-24-15)19-10-13-4-1-2-5-14(13)21-8-7-18-12-21/h1-9,12H,10-11H2,(H,19,22)(H,20,23). The number of carbonyl (C=O) groups is 2. The molecule has 24 heavy (non-hydrogen) atoms. The summed E-state index contributed by atoms with van der Waals surface area (Å²) in [5.41, 5.74) is 1.92. The van der Waals surface area contributed by atoms with Crippen LogP contribution in [0.4, 0.5) is 0 Å². The lowest BCUT2D eigenvalue weighted by molar-refractivity contribution is -0.120. The second-order valence-corrected chi connectivity index (χ2v) is 5.98. The Bertz CT molecular complexity index is 813. The van der Waals surface area contributed by atoms with Crippen molar-refractivity contribution in [3.8, 4) is 5.69 Å². The van der Waals surface area contributed by atoms with Crippen LogP contribution >= 0.6 is 11.3 Å². The molecule has 6 nitrogen and oxygen atoms in total. The molecule has 0 saturated heterocycles. The molecule has 0 aliphatic carbocycles. The Morgan fingerprint density at radius 3 is 2.75 bits per heavy atom. The van der Waals surface area contributed by atoms with Crippen molar-refractivity contribution in [2.45, 2.75) is 6.54 Å². The number of thiophene rings is 1. The van der Waals surface area contributed by atoms with Crippen LogP contribution in [0.2, 0.25) is 0 Å². The maximum Gasteiger partial charge on any atom is 0.261 e. The number of carbonyl (C=O) groups excluding carboxylic acids is 2. The van der Waals surface area contributed by atoms with Crippen molar-refractivity contribution in [3.63, 3.8) is 0 Å². The van der Waals surface area contributed by atoms with Gasteiger partial charge in [0, 0.05) is 18.9 Å². The van der Waals surface area contributed by atoms with Gasteiger partial charge in [0.1, 0.15) is 0 Å². The van der Waals surface area contributed by atoms with E-state index in [-0.39, 0.29) is 18.4 Å². The summed E-state index contributed by atoms with van der Waals surface area (Å²) >= 11 is 1.34. The molecular formula is C17H16N4O2S. The third-order valence-corrected chi connectivity index (χ3v) is 4.27. The van der Waals surface area contributed by atoms with Gasteiger partial charge < -0.3 is 15.2 Å². The molecule has 3 rings (SSSR count). The van der Waals surface area contributed by atoms with E-state index in [0.717, 1.165) is 11.3 Å². The Labute approximate surface area is 143 Å². The first-order valence-electron chi connectivity index (χ1n) is 7.38. The first-order valence-corrected chi connectivity index (χ1v) is 8.26. The molecule has 2 heterocycles. The van der Waals surface area contributed by atoms with Gasteiger partial charge in [-0.3, -0.25) is 9.59 Å². The molecular weight excluding hydrogens is 324 g/mol. The molecule has 0 fully saturated rings. The van der Waals surface area contributed by atoms with Crippen molar-refractivity contribution in [3.05, 3.63) is 70.9 Å². The Kier molecular flexibility index (Phi) is 5.02. The summed E-state index contributed by atoms with van der Waals surface area (Å²) in [6.07, 6.45) is 5.26. The predicted octanol–water partition coefficient (Wildman–Crippen LogP) is 1.98. The average molecular weight is 340 g/mol. The van der Waals surface area contributed by atoms with Crippen molar-refractivity contribution in [1.29, 1.82) is 0 Å². The summed E-state index contributed by atoms with van der Waals surface area (Å²) in [5.74, 6) is -0.473. The Balaban J connectivity index is 1.54. The Morgan fingerprint density at radius 2 is 2.00 bits per heavy atom. The molecule has 2 aromatic heterocycles. The van der Waals surface area contributed by atoms with Crippen LogP contribution in [0.3, 0.4) is 0 Å². The molecule has 0 radical (unpaired) electrons. The summed E-state index contributed by atoms with van der Waals surface area (Å²) in [6, 6.07) is 11.3. The summed E-state index contributed by atoms with van der Waals surface area (Å²) in [4.78, 5) is 28.4. The average Bonchev–Trinajstić information content (AvgIpc) is 3.31. The van der Waals surface area contributed by atoms with E-state index in [9.17, 15) is 9.59 Å². The second-order valence-electron chi connectivity index (χ2n) is 5.04. The van der Waals surface area contributed by atoms with Crippen molar-refractivity contribution in [2.75, 3.05) is 6.54 Å². The zero-order valence-corrected chi connectivity index (χ0v) is 13.6. The highest BCUT2D eigenvalue weighted by Gasteiger charge is 2.09. The first kappa shape index (κ1) is 15.9. The predicted molar refractivity (Wildman–Crippen MR) is 92.1 cm³/mol. The molecule has 0 spiro atoms. The number of hydrogen-bond donors (Lipinski definition) is 2. The van der Waals surface area contributed by atoms with Gasteiger partial charge in [-0.05, 0) is 23.1 Å². The van der Waals surface area contributed by atoms with Gasteiger partial charge >= 0.3 is 0 Å². The minimum atomic E-state index is -0.237. The summed E-state index contributed by atoms with van der Waals surface area (Å²) in [5, 5.41) is 7.25. The van der Waals surface area contributed by atoms with Gasteiger partial charge in [0.05, 0.1) is 23.4 Å². The molecule has 0 atom stereocenters. The lowest BCUT2D eigenvalue weighted by Gasteiger charge is -2.11. The highest BCUT2D eigenvalue weighted by atomic mass is 32.1. The molecule has 0 unspecified atom stereocenters. The molecule has 2 N–H and O–H groups in total. The quantitative estimate of drug-likeness (QED) is 0.720. The van der Waals surface area contributed by atoms with Gasteiger partial charge in [0.2, 0.25) is 5.91 Å². The van der Waals surface area contributed by atoms with Crippen LogP contribution < -0.4 is 10.6 Å². The Hall–Kier alpha value is -2.93. The van der Waals surface area contributed by atoms with Crippen molar-refractivity contribution >= 4 is 23.2 Å². The van der Waals surface area contributed by atoms with E-state index in [2.05, 4.69) is 15.6 Å². The number of nitrogens with zero attached hydrogens (tertiary/aromatic N) is 2. The summed E-state index contributed by atoms with van der Waals surface area (Å²) < 4.78 is 1.89. The number of benzene rings is 1.